The maximum atomic E-state index is 12.1. The standard InChI is InChI=1S/C15H32N3O11P3/c1-7-10-27-14(20)8-9-15(21)29-30(22-3)17-32(24-5,25-6)18-31(16,23-4)28-12-11-26-13(2)19/h7-12,16H2,1-6H3. The highest BCUT2D eigenvalue weighted by Crippen LogP contribution is 2.66. The molecular weight excluding hydrogens is 491 g/mol. The fourth-order valence-electron chi connectivity index (χ4n) is 1.67. The topological polar surface area (TPSA) is 176 Å². The third-order valence-corrected chi connectivity index (χ3v) is 9.25. The summed E-state index contributed by atoms with van der Waals surface area (Å²) in [6.07, 6.45) is 0.295. The molecule has 0 aromatic heterocycles. The molecule has 2 atom stereocenters. The number of hydrogen-bond donors (Lipinski definition) is 1. The van der Waals surface area contributed by atoms with Crippen LogP contribution in [-0.2, 0) is 51.0 Å². The average Bonchev–Trinajstić information content (AvgIpc) is 2.78. The van der Waals surface area contributed by atoms with Crippen molar-refractivity contribution in [3.63, 3.8) is 0 Å². The van der Waals surface area contributed by atoms with Gasteiger partial charge in [-0.1, -0.05) is 6.92 Å². The zero-order chi connectivity index (χ0) is 24.6. The van der Waals surface area contributed by atoms with Crippen molar-refractivity contribution in [2.45, 2.75) is 33.1 Å². The van der Waals surface area contributed by atoms with Crippen molar-refractivity contribution in [3.8, 4) is 0 Å². The molecule has 0 saturated carbocycles. The van der Waals surface area contributed by atoms with Crippen LogP contribution in [0.3, 0.4) is 0 Å². The molecule has 2 unspecified atom stereocenters. The molecule has 0 aromatic rings. The van der Waals surface area contributed by atoms with Crippen molar-refractivity contribution in [2.24, 2.45) is 14.5 Å². The molecule has 0 heterocycles. The van der Waals surface area contributed by atoms with Crippen molar-refractivity contribution in [1.82, 2.24) is 0 Å². The Morgan fingerprint density at radius 3 is 2.03 bits per heavy atom. The van der Waals surface area contributed by atoms with Crippen LogP contribution in [-0.4, -0.2) is 66.2 Å². The van der Waals surface area contributed by atoms with E-state index in [4.69, 9.17) is 42.1 Å². The van der Waals surface area contributed by atoms with Crippen LogP contribution in [0.4, 0.5) is 0 Å². The second-order valence-electron chi connectivity index (χ2n) is 5.56. The zero-order valence-corrected chi connectivity index (χ0v) is 21.7. The monoisotopic (exact) mass is 523 g/mol. The van der Waals surface area contributed by atoms with E-state index in [9.17, 15) is 14.4 Å². The minimum absolute atomic E-state index is 0.0706. The number of esters is 2. The van der Waals surface area contributed by atoms with Gasteiger partial charge in [0.1, 0.15) is 6.61 Å². The number of nitrogens with zero attached hydrogens (tertiary/aromatic N) is 2. The van der Waals surface area contributed by atoms with Gasteiger partial charge in [0.05, 0.1) is 26.1 Å². The van der Waals surface area contributed by atoms with Gasteiger partial charge in [0.25, 0.3) is 7.66 Å². The Morgan fingerprint density at radius 2 is 1.53 bits per heavy atom. The van der Waals surface area contributed by atoms with Gasteiger partial charge >= 0.3 is 34.1 Å². The number of rotatable bonds is 16. The fraction of sp³-hybridized carbons (Fsp3) is 0.800. The minimum atomic E-state index is -3.49. The summed E-state index contributed by atoms with van der Waals surface area (Å²) < 4.78 is 49.5. The summed E-state index contributed by atoms with van der Waals surface area (Å²) in [5, 5.41) is 0. The predicted molar refractivity (Wildman–Crippen MR) is 117 cm³/mol. The molecule has 188 valence electrons. The van der Waals surface area contributed by atoms with E-state index in [2.05, 4.69) is 9.03 Å². The Bertz CT molecular complexity index is 712. The molecule has 0 rings (SSSR count). The maximum Gasteiger partial charge on any atom is 0.379 e. The minimum Gasteiger partial charge on any atom is -0.466 e. The highest BCUT2D eigenvalue weighted by Gasteiger charge is 2.30. The molecule has 0 aliphatic heterocycles. The third-order valence-electron chi connectivity index (χ3n) is 3.16. The Morgan fingerprint density at radius 1 is 0.906 bits per heavy atom. The van der Waals surface area contributed by atoms with Gasteiger partial charge in [-0.2, -0.15) is 0 Å². The molecule has 0 amide bonds. The number of hydrogen-bond acceptors (Lipinski definition) is 12. The summed E-state index contributed by atoms with van der Waals surface area (Å²) in [7, 11) is -4.07. The van der Waals surface area contributed by atoms with Crippen LogP contribution < -0.4 is 5.50 Å². The Balaban J connectivity index is 5.42. The van der Waals surface area contributed by atoms with Gasteiger partial charge in [-0.15, -0.1) is 9.03 Å². The van der Waals surface area contributed by atoms with Crippen molar-refractivity contribution in [3.05, 3.63) is 0 Å². The second kappa shape index (κ2) is 16.6. The quantitative estimate of drug-likeness (QED) is 0.177. The normalized spacial score (nSPS) is 14.1. The first-order valence-corrected chi connectivity index (χ1v) is 13.6. The average molecular weight is 523 g/mol. The SMILES string of the molecule is CCCOC(=O)CCC(=O)OP(N=P(N=P(N)(OC)OCCOC(C)=O)(OC)OC)OC. The van der Waals surface area contributed by atoms with E-state index in [-0.39, 0.29) is 32.7 Å². The van der Waals surface area contributed by atoms with E-state index >= 15 is 0 Å². The fourth-order valence-corrected chi connectivity index (χ4v) is 7.17. The molecule has 0 aromatic carbocycles. The van der Waals surface area contributed by atoms with E-state index < -0.39 is 41.8 Å². The molecule has 32 heavy (non-hydrogen) atoms. The van der Waals surface area contributed by atoms with Crippen LogP contribution in [0.15, 0.2) is 9.03 Å². The number of carbonyl (C=O) groups is 3. The van der Waals surface area contributed by atoms with Gasteiger partial charge in [0, 0.05) is 35.4 Å². The predicted octanol–water partition coefficient (Wildman–Crippen LogP) is 3.51. The Labute approximate surface area is 189 Å². The van der Waals surface area contributed by atoms with Crippen molar-refractivity contribution in [2.75, 3.05) is 48.3 Å². The van der Waals surface area contributed by atoms with E-state index in [1.807, 2.05) is 6.92 Å². The van der Waals surface area contributed by atoms with Gasteiger partial charge < -0.3 is 36.6 Å². The maximum absolute atomic E-state index is 12.1. The van der Waals surface area contributed by atoms with E-state index in [0.29, 0.717) is 6.42 Å². The van der Waals surface area contributed by atoms with Crippen LogP contribution >= 0.6 is 23.8 Å². The van der Waals surface area contributed by atoms with Gasteiger partial charge in [0.2, 0.25) is 0 Å². The van der Waals surface area contributed by atoms with Gasteiger partial charge in [-0.3, -0.25) is 19.9 Å². The molecule has 0 bridgehead atoms. The van der Waals surface area contributed by atoms with Crippen molar-refractivity contribution in [1.29, 1.82) is 0 Å². The molecule has 0 aliphatic rings. The highest BCUT2D eigenvalue weighted by molar-refractivity contribution is 7.69. The zero-order valence-electron chi connectivity index (χ0n) is 19.0. The molecule has 0 fully saturated rings. The van der Waals surface area contributed by atoms with Crippen molar-refractivity contribution < 1.29 is 51.0 Å². The van der Waals surface area contributed by atoms with Crippen LogP contribution in [0.1, 0.15) is 33.1 Å². The highest BCUT2D eigenvalue weighted by atomic mass is 31.2. The lowest BCUT2D eigenvalue weighted by Crippen LogP contribution is -2.10. The molecule has 0 aliphatic carbocycles. The van der Waals surface area contributed by atoms with Gasteiger partial charge in [-0.05, 0) is 6.42 Å². The first kappa shape index (κ1) is 31.1. The van der Waals surface area contributed by atoms with E-state index in [0.717, 1.165) is 0 Å². The number of carbonyl (C=O) groups excluding carboxylic acids is 3. The van der Waals surface area contributed by atoms with Gasteiger partial charge in [-0.25, -0.2) is 0 Å². The van der Waals surface area contributed by atoms with E-state index in [1.54, 1.807) is 0 Å². The van der Waals surface area contributed by atoms with Crippen LogP contribution in [0, 0.1) is 0 Å². The largest absolute Gasteiger partial charge is 0.466 e. The van der Waals surface area contributed by atoms with Crippen LogP contribution in [0.5, 0.6) is 0 Å². The lowest BCUT2D eigenvalue weighted by atomic mass is 10.3. The first-order chi connectivity index (χ1) is 15.1. The lowest BCUT2D eigenvalue weighted by Gasteiger charge is -2.23. The van der Waals surface area contributed by atoms with Crippen LogP contribution in [0.25, 0.3) is 0 Å². The summed E-state index contributed by atoms with van der Waals surface area (Å²) in [6, 6.07) is 0. The smallest absolute Gasteiger partial charge is 0.379 e. The van der Waals surface area contributed by atoms with Gasteiger partial charge in [0.15, 0.2) is 0 Å². The summed E-state index contributed by atoms with van der Waals surface area (Å²) >= 11 is 0. The molecule has 0 saturated heterocycles. The van der Waals surface area contributed by atoms with Crippen LogP contribution in [0.2, 0.25) is 0 Å². The summed E-state index contributed by atoms with van der Waals surface area (Å²) in [4.78, 5) is 34.4. The Kier molecular flexibility index (Phi) is 16.1. The molecule has 14 nitrogen and oxygen atoms in total. The number of nitrogens with two attached hydrogens (primary N) is 1. The van der Waals surface area contributed by atoms with E-state index in [1.165, 1.54) is 35.4 Å². The number of ether oxygens (including phenoxy) is 2. The molecule has 0 spiro atoms. The summed E-state index contributed by atoms with van der Waals surface area (Å²) in [5.74, 6) is -1.74. The summed E-state index contributed by atoms with van der Waals surface area (Å²) in [5.41, 5.74) is 6.07. The Hall–Kier alpha value is -0.940. The molecule has 2 N–H and O–H groups in total. The summed E-state index contributed by atoms with van der Waals surface area (Å²) in [6.45, 7) is 3.21. The molecule has 0 radical (unpaired) electrons. The van der Waals surface area contributed by atoms with Crippen molar-refractivity contribution >= 4 is 41.8 Å². The molecular formula is C15H32N3O11P3. The third kappa shape index (κ3) is 12.9. The molecule has 17 heteroatoms. The first-order valence-electron chi connectivity index (χ1n) is 9.29. The second-order valence-corrected chi connectivity index (χ2v) is 11.5. The lowest BCUT2D eigenvalue weighted by molar-refractivity contribution is -0.147.